The van der Waals surface area contributed by atoms with Crippen LogP contribution in [-0.2, 0) is 6.42 Å². The molecule has 2 amide bonds. The smallest absolute Gasteiger partial charge is 0.317 e. The third-order valence-electron chi connectivity index (χ3n) is 3.06. The maximum atomic E-state index is 11.3. The molecule has 1 aromatic carbocycles. The van der Waals surface area contributed by atoms with Crippen molar-refractivity contribution in [3.63, 3.8) is 0 Å². The predicted octanol–water partition coefficient (Wildman–Crippen LogP) is 0.980. The van der Waals surface area contributed by atoms with E-state index < -0.39 is 0 Å². The number of hydrogen-bond donors (Lipinski definition) is 2. The van der Waals surface area contributed by atoms with Gasteiger partial charge in [0, 0.05) is 19.1 Å². The van der Waals surface area contributed by atoms with Crippen molar-refractivity contribution in [1.29, 1.82) is 0 Å². The Bertz CT molecular complexity index is 417. The molecule has 2 rings (SSSR count). The Labute approximate surface area is 113 Å². The van der Waals surface area contributed by atoms with Crippen molar-refractivity contribution in [3.8, 4) is 5.75 Å². The molecule has 0 bridgehead atoms. The van der Waals surface area contributed by atoms with Crippen molar-refractivity contribution >= 4 is 6.03 Å². The molecule has 1 aliphatic heterocycles. The summed E-state index contributed by atoms with van der Waals surface area (Å²) in [6, 6.07) is 8.11. The van der Waals surface area contributed by atoms with Crippen molar-refractivity contribution in [1.82, 2.24) is 10.2 Å². The average molecular weight is 263 g/mol. The molecule has 1 atom stereocenters. The van der Waals surface area contributed by atoms with Gasteiger partial charge in [0.1, 0.15) is 12.4 Å². The zero-order valence-corrected chi connectivity index (χ0v) is 11.3. The van der Waals surface area contributed by atoms with E-state index in [-0.39, 0.29) is 12.1 Å². The normalized spacial score (nSPS) is 16.3. The van der Waals surface area contributed by atoms with Crippen LogP contribution >= 0.6 is 0 Å². The minimum Gasteiger partial charge on any atom is -0.492 e. The van der Waals surface area contributed by atoms with Gasteiger partial charge in [-0.25, -0.2) is 4.79 Å². The third kappa shape index (κ3) is 4.13. The fourth-order valence-electron chi connectivity index (χ4n) is 2.09. The second-order valence-electron chi connectivity index (χ2n) is 4.89. The lowest BCUT2D eigenvalue weighted by Crippen LogP contribution is -2.31. The minimum atomic E-state index is -0.00381. The van der Waals surface area contributed by atoms with E-state index >= 15 is 0 Å². The van der Waals surface area contributed by atoms with Crippen LogP contribution in [-0.4, -0.2) is 43.2 Å². The first-order valence-electron chi connectivity index (χ1n) is 6.65. The number of rotatable bonds is 6. The second-order valence-corrected chi connectivity index (χ2v) is 4.89. The predicted molar refractivity (Wildman–Crippen MR) is 74.3 cm³/mol. The molecule has 1 aromatic rings. The monoisotopic (exact) mass is 263 g/mol. The summed E-state index contributed by atoms with van der Waals surface area (Å²) in [6.07, 6.45) is 0.869. The van der Waals surface area contributed by atoms with E-state index in [0.29, 0.717) is 13.2 Å². The minimum absolute atomic E-state index is 0.00381. The number of nitrogens with one attached hydrogen (secondary N) is 1. The standard InChI is InChI=1S/C14H21N3O2/c1-11(15)10-12-2-4-13(5-3-12)19-9-8-17-7-6-16-14(17)18/h2-5,11H,6-10,15H2,1H3,(H,16,18). The highest BCUT2D eigenvalue weighted by atomic mass is 16.5. The van der Waals surface area contributed by atoms with Gasteiger partial charge in [0.15, 0.2) is 0 Å². The van der Waals surface area contributed by atoms with Crippen LogP contribution in [0.3, 0.4) is 0 Å². The topological polar surface area (TPSA) is 67.6 Å². The molecular weight excluding hydrogens is 242 g/mol. The van der Waals surface area contributed by atoms with Gasteiger partial charge < -0.3 is 20.7 Å². The highest BCUT2D eigenvalue weighted by Gasteiger charge is 2.18. The lowest BCUT2D eigenvalue weighted by Gasteiger charge is -2.14. The zero-order chi connectivity index (χ0) is 13.7. The van der Waals surface area contributed by atoms with Crippen LogP contribution in [0.25, 0.3) is 0 Å². The van der Waals surface area contributed by atoms with Gasteiger partial charge in [0.05, 0.1) is 6.54 Å². The number of nitrogens with two attached hydrogens (primary N) is 1. The average Bonchev–Trinajstić information content (AvgIpc) is 2.77. The van der Waals surface area contributed by atoms with E-state index in [2.05, 4.69) is 5.32 Å². The van der Waals surface area contributed by atoms with E-state index in [9.17, 15) is 4.79 Å². The Morgan fingerprint density at radius 2 is 2.16 bits per heavy atom. The maximum Gasteiger partial charge on any atom is 0.317 e. The number of ether oxygens (including phenoxy) is 1. The van der Waals surface area contributed by atoms with Gasteiger partial charge in [-0.3, -0.25) is 0 Å². The number of carbonyl (C=O) groups excluding carboxylic acids is 1. The van der Waals surface area contributed by atoms with Gasteiger partial charge in [-0.2, -0.15) is 0 Å². The van der Waals surface area contributed by atoms with E-state index in [4.69, 9.17) is 10.5 Å². The molecule has 1 unspecified atom stereocenters. The summed E-state index contributed by atoms with van der Waals surface area (Å²) >= 11 is 0. The first-order valence-corrected chi connectivity index (χ1v) is 6.65. The number of amides is 2. The molecule has 19 heavy (non-hydrogen) atoms. The zero-order valence-electron chi connectivity index (χ0n) is 11.3. The Balaban J connectivity index is 1.75. The van der Waals surface area contributed by atoms with E-state index in [1.54, 1.807) is 4.90 Å². The molecule has 1 aliphatic rings. The summed E-state index contributed by atoms with van der Waals surface area (Å²) < 4.78 is 5.62. The van der Waals surface area contributed by atoms with E-state index in [1.165, 1.54) is 5.56 Å². The Hall–Kier alpha value is -1.75. The Kier molecular flexibility index (Phi) is 4.63. The molecule has 0 spiro atoms. The van der Waals surface area contributed by atoms with Crippen molar-refractivity contribution in [2.75, 3.05) is 26.2 Å². The lowest BCUT2D eigenvalue weighted by molar-refractivity contribution is 0.202. The fourth-order valence-corrected chi connectivity index (χ4v) is 2.09. The molecule has 0 radical (unpaired) electrons. The highest BCUT2D eigenvalue weighted by molar-refractivity contribution is 5.76. The number of urea groups is 1. The number of carbonyl (C=O) groups is 1. The SMILES string of the molecule is CC(N)Cc1ccc(OCCN2CCNC2=O)cc1. The van der Waals surface area contributed by atoms with Crippen molar-refractivity contribution in [2.45, 2.75) is 19.4 Å². The first kappa shape index (κ1) is 13.7. The summed E-state index contributed by atoms with van der Waals surface area (Å²) in [4.78, 5) is 13.1. The second kappa shape index (κ2) is 6.43. The van der Waals surface area contributed by atoms with Gasteiger partial charge in [-0.1, -0.05) is 12.1 Å². The molecule has 5 heteroatoms. The van der Waals surface area contributed by atoms with Gasteiger partial charge >= 0.3 is 6.03 Å². The van der Waals surface area contributed by atoms with Gasteiger partial charge in [0.25, 0.3) is 0 Å². The molecule has 0 aromatic heterocycles. The van der Waals surface area contributed by atoms with Crippen molar-refractivity contribution < 1.29 is 9.53 Å². The fraction of sp³-hybridized carbons (Fsp3) is 0.500. The van der Waals surface area contributed by atoms with E-state index in [0.717, 1.165) is 25.3 Å². The summed E-state index contributed by atoms with van der Waals surface area (Å²) in [6.45, 7) is 4.61. The van der Waals surface area contributed by atoms with Crippen LogP contribution in [0.2, 0.25) is 0 Å². The highest BCUT2D eigenvalue weighted by Crippen LogP contribution is 2.13. The summed E-state index contributed by atoms with van der Waals surface area (Å²) in [7, 11) is 0. The largest absolute Gasteiger partial charge is 0.492 e. The molecule has 1 saturated heterocycles. The van der Waals surface area contributed by atoms with Gasteiger partial charge in [-0.15, -0.1) is 0 Å². The molecule has 1 heterocycles. The van der Waals surface area contributed by atoms with Crippen LogP contribution in [0.4, 0.5) is 4.79 Å². The van der Waals surface area contributed by atoms with E-state index in [1.807, 2.05) is 31.2 Å². The lowest BCUT2D eigenvalue weighted by atomic mass is 10.1. The third-order valence-corrected chi connectivity index (χ3v) is 3.06. The number of nitrogens with zero attached hydrogens (tertiary/aromatic N) is 1. The first-order chi connectivity index (χ1) is 9.15. The molecule has 1 fully saturated rings. The molecule has 3 N–H and O–H groups in total. The Morgan fingerprint density at radius 3 is 2.74 bits per heavy atom. The van der Waals surface area contributed by atoms with Crippen molar-refractivity contribution in [3.05, 3.63) is 29.8 Å². The summed E-state index contributed by atoms with van der Waals surface area (Å²) in [5.41, 5.74) is 6.96. The molecule has 0 aliphatic carbocycles. The van der Waals surface area contributed by atoms with Crippen LogP contribution in [0, 0.1) is 0 Å². The molecule has 5 nitrogen and oxygen atoms in total. The quantitative estimate of drug-likeness (QED) is 0.804. The molecule has 0 saturated carbocycles. The maximum absolute atomic E-state index is 11.3. The summed E-state index contributed by atoms with van der Waals surface area (Å²) in [5.74, 6) is 0.827. The molecular formula is C14H21N3O2. The number of benzene rings is 1. The van der Waals surface area contributed by atoms with Gasteiger partial charge in [-0.05, 0) is 31.0 Å². The van der Waals surface area contributed by atoms with Crippen LogP contribution in [0.1, 0.15) is 12.5 Å². The molecule has 104 valence electrons. The van der Waals surface area contributed by atoms with Crippen LogP contribution in [0.5, 0.6) is 5.75 Å². The van der Waals surface area contributed by atoms with Crippen molar-refractivity contribution in [2.24, 2.45) is 5.73 Å². The summed E-state index contributed by atoms with van der Waals surface area (Å²) in [5, 5.41) is 2.76. The van der Waals surface area contributed by atoms with Crippen LogP contribution < -0.4 is 15.8 Å². The number of hydrogen-bond acceptors (Lipinski definition) is 3. The van der Waals surface area contributed by atoms with Crippen LogP contribution in [0.15, 0.2) is 24.3 Å². The van der Waals surface area contributed by atoms with Gasteiger partial charge in [0.2, 0.25) is 0 Å². The Morgan fingerprint density at radius 1 is 1.42 bits per heavy atom.